The Labute approximate surface area is 77.5 Å². The van der Waals surface area contributed by atoms with E-state index in [1.807, 2.05) is 24.3 Å². The van der Waals surface area contributed by atoms with Crippen LogP contribution in [-0.2, 0) is 9.47 Å². The summed E-state index contributed by atoms with van der Waals surface area (Å²) in [6, 6.07) is 7.67. The molecule has 1 heterocycles. The minimum Gasteiger partial charge on any atom is -0.346 e. The number of terminal acetylenes is 1. The van der Waals surface area contributed by atoms with Crippen LogP contribution >= 0.6 is 0 Å². The molecule has 0 aromatic heterocycles. The summed E-state index contributed by atoms with van der Waals surface area (Å²) in [6.45, 7) is 1.32. The van der Waals surface area contributed by atoms with E-state index in [1.54, 1.807) is 0 Å². The van der Waals surface area contributed by atoms with E-state index in [1.165, 1.54) is 0 Å². The molecule has 2 heteroatoms. The molecule has 1 aromatic carbocycles. The second kappa shape index (κ2) is 3.61. The molecule has 2 nitrogen and oxygen atoms in total. The average Bonchev–Trinajstić information content (AvgIpc) is 2.71. The molecule has 0 bridgehead atoms. The molecular formula is C11H10O2. The van der Waals surface area contributed by atoms with E-state index in [0.717, 1.165) is 11.1 Å². The predicted molar refractivity (Wildman–Crippen MR) is 49.0 cm³/mol. The molecule has 13 heavy (non-hydrogen) atoms. The maximum absolute atomic E-state index is 5.35. The zero-order chi connectivity index (χ0) is 9.10. The van der Waals surface area contributed by atoms with Gasteiger partial charge in [-0.2, -0.15) is 0 Å². The Morgan fingerprint density at radius 1 is 1.31 bits per heavy atom. The lowest BCUT2D eigenvalue weighted by atomic mass is 10.1. The van der Waals surface area contributed by atoms with Crippen LogP contribution in [-0.4, -0.2) is 13.2 Å². The van der Waals surface area contributed by atoms with Gasteiger partial charge >= 0.3 is 0 Å². The van der Waals surface area contributed by atoms with Crippen molar-refractivity contribution in [1.82, 2.24) is 0 Å². The number of hydrogen-bond acceptors (Lipinski definition) is 2. The molecule has 1 fully saturated rings. The molecular weight excluding hydrogens is 164 g/mol. The molecule has 0 aliphatic carbocycles. The first-order valence-electron chi connectivity index (χ1n) is 4.20. The first-order chi connectivity index (χ1) is 6.40. The summed E-state index contributed by atoms with van der Waals surface area (Å²) in [5.41, 5.74) is 1.85. The third kappa shape index (κ3) is 1.72. The molecule has 0 radical (unpaired) electrons. The second-order valence-corrected chi connectivity index (χ2v) is 2.84. The van der Waals surface area contributed by atoms with Crippen LogP contribution in [0.4, 0.5) is 0 Å². The van der Waals surface area contributed by atoms with Gasteiger partial charge in [0.25, 0.3) is 0 Å². The van der Waals surface area contributed by atoms with Crippen LogP contribution in [0.25, 0.3) is 0 Å². The molecule has 0 unspecified atom stereocenters. The Kier molecular flexibility index (Phi) is 2.31. The van der Waals surface area contributed by atoms with E-state index in [2.05, 4.69) is 5.92 Å². The van der Waals surface area contributed by atoms with Gasteiger partial charge in [-0.05, 0) is 12.1 Å². The summed E-state index contributed by atoms with van der Waals surface area (Å²) < 4.78 is 10.7. The first kappa shape index (κ1) is 8.31. The van der Waals surface area contributed by atoms with Crippen molar-refractivity contribution in [3.05, 3.63) is 35.4 Å². The summed E-state index contributed by atoms with van der Waals surface area (Å²) in [5.74, 6) is 2.58. The van der Waals surface area contributed by atoms with Crippen LogP contribution in [0.3, 0.4) is 0 Å². The van der Waals surface area contributed by atoms with Crippen LogP contribution in [0.2, 0.25) is 0 Å². The number of benzene rings is 1. The van der Waals surface area contributed by atoms with E-state index in [9.17, 15) is 0 Å². The van der Waals surface area contributed by atoms with Crippen molar-refractivity contribution < 1.29 is 9.47 Å². The number of rotatable bonds is 1. The summed E-state index contributed by atoms with van der Waals surface area (Å²) in [6.07, 6.45) is 5.06. The smallest absolute Gasteiger partial charge is 0.184 e. The summed E-state index contributed by atoms with van der Waals surface area (Å²) in [4.78, 5) is 0. The molecule has 1 aliphatic heterocycles. The summed E-state index contributed by atoms with van der Waals surface area (Å²) in [7, 11) is 0. The minimum atomic E-state index is -0.228. The molecule has 1 aromatic rings. The summed E-state index contributed by atoms with van der Waals surface area (Å²) >= 11 is 0. The SMILES string of the molecule is C#Cc1cccc(C2OCCO2)c1. The Morgan fingerprint density at radius 2 is 2.08 bits per heavy atom. The fraction of sp³-hybridized carbons (Fsp3) is 0.273. The van der Waals surface area contributed by atoms with Gasteiger partial charge < -0.3 is 9.47 Å². The van der Waals surface area contributed by atoms with Crippen LogP contribution in [0.5, 0.6) is 0 Å². The van der Waals surface area contributed by atoms with Crippen LogP contribution in [0.15, 0.2) is 24.3 Å². The third-order valence-corrected chi connectivity index (χ3v) is 1.95. The van der Waals surface area contributed by atoms with Gasteiger partial charge in [-0.15, -0.1) is 6.42 Å². The van der Waals surface area contributed by atoms with Crippen molar-refractivity contribution in [1.29, 1.82) is 0 Å². The quantitative estimate of drug-likeness (QED) is 0.603. The zero-order valence-corrected chi connectivity index (χ0v) is 7.19. The largest absolute Gasteiger partial charge is 0.346 e. The van der Waals surface area contributed by atoms with Crippen molar-refractivity contribution in [2.24, 2.45) is 0 Å². The van der Waals surface area contributed by atoms with Crippen LogP contribution in [0, 0.1) is 12.3 Å². The van der Waals surface area contributed by atoms with Crippen LogP contribution in [0.1, 0.15) is 17.4 Å². The fourth-order valence-corrected chi connectivity index (χ4v) is 1.33. The van der Waals surface area contributed by atoms with Crippen LogP contribution < -0.4 is 0 Å². The van der Waals surface area contributed by atoms with Crippen molar-refractivity contribution in [2.45, 2.75) is 6.29 Å². The van der Waals surface area contributed by atoms with Gasteiger partial charge in [0, 0.05) is 11.1 Å². The average molecular weight is 174 g/mol. The van der Waals surface area contributed by atoms with Gasteiger partial charge in [-0.25, -0.2) is 0 Å². The topological polar surface area (TPSA) is 18.5 Å². The number of hydrogen-bond donors (Lipinski definition) is 0. The van der Waals surface area contributed by atoms with E-state index < -0.39 is 0 Å². The van der Waals surface area contributed by atoms with E-state index in [0.29, 0.717) is 13.2 Å². The van der Waals surface area contributed by atoms with Gasteiger partial charge in [-0.1, -0.05) is 18.1 Å². The summed E-state index contributed by atoms with van der Waals surface area (Å²) in [5, 5.41) is 0. The monoisotopic (exact) mass is 174 g/mol. The van der Waals surface area contributed by atoms with Gasteiger partial charge in [0.15, 0.2) is 6.29 Å². The third-order valence-electron chi connectivity index (χ3n) is 1.95. The van der Waals surface area contributed by atoms with E-state index in [-0.39, 0.29) is 6.29 Å². The molecule has 1 aliphatic rings. The first-order valence-corrected chi connectivity index (χ1v) is 4.20. The highest BCUT2D eigenvalue weighted by Crippen LogP contribution is 2.23. The fourth-order valence-electron chi connectivity index (χ4n) is 1.33. The zero-order valence-electron chi connectivity index (χ0n) is 7.19. The molecule has 0 spiro atoms. The lowest BCUT2D eigenvalue weighted by molar-refractivity contribution is -0.0441. The molecule has 2 rings (SSSR count). The molecule has 0 amide bonds. The highest BCUT2D eigenvalue weighted by atomic mass is 16.7. The maximum Gasteiger partial charge on any atom is 0.184 e. The Hall–Kier alpha value is -1.30. The predicted octanol–water partition coefficient (Wildman–Crippen LogP) is 1.71. The lowest BCUT2D eigenvalue weighted by Gasteiger charge is -2.08. The normalized spacial score (nSPS) is 17.2. The van der Waals surface area contributed by atoms with Gasteiger partial charge in [0.1, 0.15) is 0 Å². The molecule has 0 atom stereocenters. The van der Waals surface area contributed by atoms with E-state index in [4.69, 9.17) is 15.9 Å². The van der Waals surface area contributed by atoms with Gasteiger partial charge in [0.2, 0.25) is 0 Å². The Balaban J connectivity index is 2.25. The minimum absolute atomic E-state index is 0.228. The molecule has 66 valence electrons. The Bertz CT molecular complexity index is 332. The van der Waals surface area contributed by atoms with Gasteiger partial charge in [-0.3, -0.25) is 0 Å². The maximum atomic E-state index is 5.35. The van der Waals surface area contributed by atoms with Crippen molar-refractivity contribution in [2.75, 3.05) is 13.2 Å². The van der Waals surface area contributed by atoms with Gasteiger partial charge in [0.05, 0.1) is 13.2 Å². The van der Waals surface area contributed by atoms with Crippen molar-refractivity contribution in [3.8, 4) is 12.3 Å². The van der Waals surface area contributed by atoms with Crippen molar-refractivity contribution in [3.63, 3.8) is 0 Å². The van der Waals surface area contributed by atoms with Crippen molar-refractivity contribution >= 4 is 0 Å². The lowest BCUT2D eigenvalue weighted by Crippen LogP contribution is -1.97. The van der Waals surface area contributed by atoms with E-state index >= 15 is 0 Å². The molecule has 1 saturated heterocycles. The molecule has 0 N–H and O–H groups in total. The highest BCUT2D eigenvalue weighted by Gasteiger charge is 2.17. The standard InChI is InChI=1S/C11H10O2/c1-2-9-4-3-5-10(8-9)11-12-6-7-13-11/h1,3-5,8,11H,6-7H2. The second-order valence-electron chi connectivity index (χ2n) is 2.84. The highest BCUT2D eigenvalue weighted by molar-refractivity contribution is 5.35. The Morgan fingerprint density at radius 3 is 2.77 bits per heavy atom. The molecule has 0 saturated carbocycles. The number of ether oxygens (including phenoxy) is 2.